The Hall–Kier alpha value is -3.22. The summed E-state index contributed by atoms with van der Waals surface area (Å²) in [5, 5.41) is 22.6. The molecule has 2 aliphatic rings. The lowest BCUT2D eigenvalue weighted by atomic mass is 9.88. The lowest BCUT2D eigenvalue weighted by molar-refractivity contribution is -0.111. The number of hydrogen-bond acceptors (Lipinski definition) is 7. The van der Waals surface area contributed by atoms with E-state index in [-0.39, 0.29) is 17.9 Å². The number of nitriles is 1. The number of pyridine rings is 1. The van der Waals surface area contributed by atoms with Gasteiger partial charge in [-0.2, -0.15) is 5.26 Å². The molecule has 1 fully saturated rings. The highest BCUT2D eigenvalue weighted by Crippen LogP contribution is 2.39. The van der Waals surface area contributed by atoms with Gasteiger partial charge in [0, 0.05) is 36.4 Å². The van der Waals surface area contributed by atoms with Gasteiger partial charge in [0.1, 0.15) is 11.1 Å². The number of thiophene rings is 1. The minimum atomic E-state index is -0.469. The van der Waals surface area contributed by atoms with Gasteiger partial charge in [-0.1, -0.05) is 6.07 Å². The molecule has 1 aliphatic heterocycles. The van der Waals surface area contributed by atoms with E-state index in [2.05, 4.69) is 16.4 Å². The van der Waals surface area contributed by atoms with E-state index in [4.69, 9.17) is 4.74 Å². The second-order valence-electron chi connectivity index (χ2n) is 8.00. The summed E-state index contributed by atoms with van der Waals surface area (Å²) >= 11 is 1.42. The predicted octanol–water partition coefficient (Wildman–Crippen LogP) is 2.97. The maximum Gasteiger partial charge on any atom is 0.409 e. The van der Waals surface area contributed by atoms with Gasteiger partial charge < -0.3 is 20.1 Å². The number of ether oxygens (including phenoxy) is 1. The largest absolute Gasteiger partial charge is 0.449 e. The molecule has 1 unspecified atom stereocenters. The van der Waals surface area contributed by atoms with Crippen LogP contribution in [0.25, 0.3) is 6.08 Å². The summed E-state index contributed by atoms with van der Waals surface area (Å²) in [5.74, 6) is -0.138. The maximum absolute atomic E-state index is 12.4. The number of aliphatic hydroxyl groups is 1. The molecule has 2 N–H and O–H groups in total. The first-order valence-electron chi connectivity index (χ1n) is 10.6. The van der Waals surface area contributed by atoms with Gasteiger partial charge in [-0.05, 0) is 54.9 Å². The Morgan fingerprint density at radius 1 is 1.44 bits per heavy atom. The summed E-state index contributed by atoms with van der Waals surface area (Å²) in [6, 6.07) is 5.87. The van der Waals surface area contributed by atoms with Crippen molar-refractivity contribution in [3.8, 4) is 6.07 Å². The van der Waals surface area contributed by atoms with Crippen LogP contribution in [0.15, 0.2) is 30.6 Å². The van der Waals surface area contributed by atoms with E-state index < -0.39 is 6.10 Å². The van der Waals surface area contributed by atoms with Crippen molar-refractivity contribution in [2.75, 3.05) is 25.0 Å². The molecule has 2 aromatic heterocycles. The van der Waals surface area contributed by atoms with Crippen LogP contribution in [0.2, 0.25) is 0 Å². The number of anilines is 1. The standard InChI is InChI=1S/C23H24N4O4S/c24-11-19-18-5-3-16(14-31-23(30)27-9-7-17(28)13-27)10-20(18)32-22(19)26-21(29)6-4-15-2-1-8-25-12-15/h1-2,4,6,8,12,16-17,28H,3,5,7,9-10,13-14H2,(H,26,29)/b6-4+/t16?,17-/m0/s1. The van der Waals surface area contributed by atoms with E-state index in [0.29, 0.717) is 49.5 Å². The van der Waals surface area contributed by atoms with Crippen LogP contribution in [0.5, 0.6) is 0 Å². The Labute approximate surface area is 190 Å². The topological polar surface area (TPSA) is 116 Å². The summed E-state index contributed by atoms with van der Waals surface area (Å²) in [5.41, 5.74) is 2.32. The van der Waals surface area contributed by atoms with Crippen LogP contribution >= 0.6 is 11.3 Å². The maximum atomic E-state index is 12.4. The number of nitrogens with one attached hydrogen (secondary N) is 1. The van der Waals surface area contributed by atoms with Crippen LogP contribution in [-0.4, -0.2) is 52.8 Å². The molecule has 0 radical (unpaired) electrons. The molecule has 9 heteroatoms. The van der Waals surface area contributed by atoms with E-state index in [1.807, 2.05) is 6.07 Å². The average Bonchev–Trinajstić information content (AvgIpc) is 3.39. The molecule has 2 atom stereocenters. The second kappa shape index (κ2) is 9.94. The van der Waals surface area contributed by atoms with Crippen LogP contribution in [0, 0.1) is 17.2 Å². The highest BCUT2D eigenvalue weighted by molar-refractivity contribution is 7.16. The van der Waals surface area contributed by atoms with Crippen molar-refractivity contribution in [2.24, 2.45) is 5.92 Å². The van der Waals surface area contributed by atoms with Gasteiger partial charge in [0.2, 0.25) is 5.91 Å². The van der Waals surface area contributed by atoms with E-state index in [9.17, 15) is 20.0 Å². The Morgan fingerprint density at radius 2 is 2.31 bits per heavy atom. The van der Waals surface area contributed by atoms with Crippen LogP contribution in [-0.2, 0) is 22.4 Å². The third kappa shape index (κ3) is 5.15. The quantitative estimate of drug-likeness (QED) is 0.674. The van der Waals surface area contributed by atoms with Gasteiger partial charge in [-0.3, -0.25) is 9.78 Å². The van der Waals surface area contributed by atoms with Crippen molar-refractivity contribution in [3.63, 3.8) is 0 Å². The molecule has 166 valence electrons. The normalized spacial score (nSPS) is 20.1. The number of β-amino-alcohol motifs (C(OH)–C–C–N with tert-alkyl or cyclic N) is 1. The predicted molar refractivity (Wildman–Crippen MR) is 120 cm³/mol. The van der Waals surface area contributed by atoms with Crippen LogP contribution < -0.4 is 5.32 Å². The molecule has 0 spiro atoms. The highest BCUT2D eigenvalue weighted by atomic mass is 32.1. The first-order valence-corrected chi connectivity index (χ1v) is 11.4. The molecule has 3 heterocycles. The fourth-order valence-corrected chi connectivity index (χ4v) is 5.31. The lowest BCUT2D eigenvalue weighted by Gasteiger charge is -2.23. The van der Waals surface area contributed by atoms with Crippen molar-refractivity contribution < 1.29 is 19.4 Å². The zero-order valence-electron chi connectivity index (χ0n) is 17.5. The summed E-state index contributed by atoms with van der Waals surface area (Å²) in [6.07, 6.45) is 8.37. The van der Waals surface area contributed by atoms with Crippen LogP contribution in [0.3, 0.4) is 0 Å². The first-order chi connectivity index (χ1) is 15.5. The van der Waals surface area contributed by atoms with Crippen LogP contribution in [0.1, 0.15) is 34.4 Å². The van der Waals surface area contributed by atoms with E-state index in [0.717, 1.165) is 22.4 Å². The molecular formula is C23H24N4O4S. The van der Waals surface area contributed by atoms with Crippen molar-refractivity contribution >= 4 is 34.4 Å². The van der Waals surface area contributed by atoms with Gasteiger partial charge in [0.15, 0.2) is 0 Å². The van der Waals surface area contributed by atoms with Crippen molar-refractivity contribution in [2.45, 2.75) is 31.8 Å². The number of aromatic nitrogens is 1. The van der Waals surface area contributed by atoms with Gasteiger partial charge in [-0.15, -0.1) is 11.3 Å². The number of rotatable bonds is 5. The molecule has 1 saturated heterocycles. The highest BCUT2D eigenvalue weighted by Gasteiger charge is 2.29. The number of carbonyl (C=O) groups excluding carboxylic acids is 2. The van der Waals surface area contributed by atoms with Gasteiger partial charge in [0.05, 0.1) is 18.3 Å². The fourth-order valence-electron chi connectivity index (χ4n) is 3.99. The lowest BCUT2D eigenvalue weighted by Crippen LogP contribution is -2.32. The number of nitrogens with zero attached hydrogens (tertiary/aromatic N) is 3. The number of amides is 2. The summed E-state index contributed by atoms with van der Waals surface area (Å²) in [7, 11) is 0. The number of likely N-dealkylation sites (tertiary alicyclic amines) is 1. The third-order valence-electron chi connectivity index (χ3n) is 5.69. The Bertz CT molecular complexity index is 1060. The van der Waals surface area contributed by atoms with Gasteiger partial charge in [0.25, 0.3) is 0 Å². The zero-order chi connectivity index (χ0) is 22.5. The SMILES string of the molecule is N#Cc1c(NC(=O)/C=C/c2cccnc2)sc2c1CCC(COC(=O)N1CC[C@H](O)C1)C2. The summed E-state index contributed by atoms with van der Waals surface area (Å²) in [6.45, 7) is 1.14. The molecule has 32 heavy (non-hydrogen) atoms. The van der Waals surface area contributed by atoms with Gasteiger partial charge in [-0.25, -0.2) is 4.79 Å². The van der Waals surface area contributed by atoms with Crippen molar-refractivity contribution in [3.05, 3.63) is 52.2 Å². The Kier molecular flexibility index (Phi) is 6.83. The molecule has 2 aromatic rings. The average molecular weight is 453 g/mol. The number of carbonyl (C=O) groups is 2. The number of aliphatic hydroxyl groups excluding tert-OH is 1. The van der Waals surface area contributed by atoms with Crippen molar-refractivity contribution in [1.82, 2.24) is 9.88 Å². The third-order valence-corrected chi connectivity index (χ3v) is 6.86. The van der Waals surface area contributed by atoms with E-state index >= 15 is 0 Å². The van der Waals surface area contributed by atoms with Crippen molar-refractivity contribution in [1.29, 1.82) is 5.26 Å². The van der Waals surface area contributed by atoms with E-state index in [1.165, 1.54) is 22.3 Å². The molecular weight excluding hydrogens is 428 g/mol. The Morgan fingerprint density at radius 3 is 3.03 bits per heavy atom. The van der Waals surface area contributed by atoms with Gasteiger partial charge >= 0.3 is 6.09 Å². The summed E-state index contributed by atoms with van der Waals surface area (Å²) < 4.78 is 5.46. The molecule has 4 rings (SSSR count). The summed E-state index contributed by atoms with van der Waals surface area (Å²) in [4.78, 5) is 31.1. The van der Waals surface area contributed by atoms with Crippen LogP contribution in [0.4, 0.5) is 9.80 Å². The number of fused-ring (bicyclic) bond motifs is 1. The molecule has 0 aromatic carbocycles. The first kappa shape index (κ1) is 22.0. The molecule has 8 nitrogen and oxygen atoms in total. The smallest absolute Gasteiger partial charge is 0.409 e. The second-order valence-corrected chi connectivity index (χ2v) is 9.11. The van der Waals surface area contributed by atoms with E-state index in [1.54, 1.807) is 24.5 Å². The molecule has 1 aliphatic carbocycles. The molecule has 2 amide bonds. The monoisotopic (exact) mass is 452 g/mol. The Balaban J connectivity index is 1.36. The number of hydrogen-bond donors (Lipinski definition) is 2. The minimum absolute atomic E-state index is 0.165. The molecule has 0 saturated carbocycles. The zero-order valence-corrected chi connectivity index (χ0v) is 18.3. The minimum Gasteiger partial charge on any atom is -0.449 e. The molecule has 0 bridgehead atoms. The fraction of sp³-hybridized carbons (Fsp3) is 0.391.